The van der Waals surface area contributed by atoms with E-state index in [1.807, 2.05) is 0 Å². The molecule has 5 heteroatoms. The second-order valence-electron chi connectivity index (χ2n) is 4.04. The monoisotopic (exact) mass is 299 g/mol. The molecule has 2 N–H and O–H groups in total. The van der Waals surface area contributed by atoms with Crippen molar-refractivity contribution in [3.8, 4) is 0 Å². The normalized spacial score (nSPS) is 12.2. The number of aliphatic hydroxyl groups is 1. The molecule has 0 saturated heterocycles. The van der Waals surface area contributed by atoms with E-state index >= 15 is 0 Å². The average molecular weight is 300 g/mol. The minimum Gasteiger partial charge on any atom is -0.386 e. The molecular weight excluding hydrogens is 288 g/mol. The van der Waals surface area contributed by atoms with Crippen molar-refractivity contribution in [3.63, 3.8) is 0 Å². The first kappa shape index (κ1) is 14.1. The molecule has 0 saturated carbocycles. The van der Waals surface area contributed by atoms with Crippen LogP contribution in [0.15, 0.2) is 42.5 Å². The average Bonchev–Trinajstić information content (AvgIpc) is 2.38. The zero-order valence-corrected chi connectivity index (χ0v) is 11.4. The molecule has 0 aliphatic carbocycles. The van der Waals surface area contributed by atoms with E-state index in [2.05, 4.69) is 5.32 Å². The molecule has 0 radical (unpaired) electrons. The molecule has 0 spiro atoms. The third kappa shape index (κ3) is 3.60. The van der Waals surface area contributed by atoms with Gasteiger partial charge in [0.25, 0.3) is 0 Å². The number of halogens is 3. The second kappa shape index (κ2) is 6.24. The summed E-state index contributed by atoms with van der Waals surface area (Å²) in [6.45, 7) is 0.155. The van der Waals surface area contributed by atoms with Gasteiger partial charge in [-0.1, -0.05) is 41.4 Å². The lowest BCUT2D eigenvalue weighted by atomic mass is 10.1. The van der Waals surface area contributed by atoms with Crippen molar-refractivity contribution in [2.24, 2.45) is 0 Å². The molecular formula is C14H12Cl2FNO. The van der Waals surface area contributed by atoms with Gasteiger partial charge >= 0.3 is 0 Å². The van der Waals surface area contributed by atoms with Gasteiger partial charge in [-0.25, -0.2) is 4.39 Å². The Labute approximate surface area is 120 Å². The van der Waals surface area contributed by atoms with E-state index in [1.165, 1.54) is 6.07 Å². The van der Waals surface area contributed by atoms with E-state index in [1.54, 1.807) is 36.4 Å². The zero-order valence-electron chi connectivity index (χ0n) is 9.91. The fraction of sp³-hybridized carbons (Fsp3) is 0.143. The lowest BCUT2D eigenvalue weighted by Crippen LogP contribution is -2.13. The molecule has 2 nitrogen and oxygen atoms in total. The van der Waals surface area contributed by atoms with Gasteiger partial charge in [0, 0.05) is 17.1 Å². The first-order valence-corrected chi connectivity index (χ1v) is 6.45. The lowest BCUT2D eigenvalue weighted by molar-refractivity contribution is 0.186. The molecule has 2 aromatic carbocycles. The fourth-order valence-electron chi connectivity index (χ4n) is 1.69. The zero-order chi connectivity index (χ0) is 13.8. The lowest BCUT2D eigenvalue weighted by Gasteiger charge is -2.14. The second-order valence-corrected chi connectivity index (χ2v) is 4.89. The summed E-state index contributed by atoms with van der Waals surface area (Å²) in [5, 5.41) is 13.9. The van der Waals surface area contributed by atoms with Crippen LogP contribution in [0.3, 0.4) is 0 Å². The third-order valence-corrected chi connectivity index (χ3v) is 3.23. The highest BCUT2D eigenvalue weighted by Crippen LogP contribution is 2.26. The van der Waals surface area contributed by atoms with E-state index in [9.17, 15) is 9.50 Å². The van der Waals surface area contributed by atoms with Crippen LogP contribution >= 0.6 is 23.2 Å². The molecule has 2 rings (SSSR count). The number of rotatable bonds is 4. The minimum atomic E-state index is -0.951. The molecule has 1 unspecified atom stereocenters. The van der Waals surface area contributed by atoms with Gasteiger partial charge in [-0.3, -0.25) is 0 Å². The molecule has 0 aliphatic rings. The predicted molar refractivity (Wildman–Crippen MR) is 76.3 cm³/mol. The number of hydrogen-bond donors (Lipinski definition) is 2. The van der Waals surface area contributed by atoms with Crippen LogP contribution in [0.4, 0.5) is 10.1 Å². The van der Waals surface area contributed by atoms with Gasteiger partial charge in [-0.05, 0) is 24.3 Å². The largest absolute Gasteiger partial charge is 0.386 e. The van der Waals surface area contributed by atoms with Crippen LogP contribution < -0.4 is 5.32 Å². The van der Waals surface area contributed by atoms with E-state index in [0.29, 0.717) is 15.7 Å². The van der Waals surface area contributed by atoms with Crippen LogP contribution in [0.2, 0.25) is 10.0 Å². The maximum Gasteiger partial charge on any atom is 0.129 e. The van der Waals surface area contributed by atoms with Crippen molar-refractivity contribution in [3.05, 3.63) is 63.9 Å². The van der Waals surface area contributed by atoms with Gasteiger partial charge in [0.15, 0.2) is 0 Å². The summed E-state index contributed by atoms with van der Waals surface area (Å²) in [6, 6.07) is 11.1. The maximum absolute atomic E-state index is 13.5. The first-order chi connectivity index (χ1) is 9.08. The van der Waals surface area contributed by atoms with Gasteiger partial charge in [0.1, 0.15) is 5.82 Å². The SMILES string of the molecule is OC(CNc1ccc(Cl)cc1Cl)c1ccccc1F. The van der Waals surface area contributed by atoms with Gasteiger partial charge in [-0.2, -0.15) is 0 Å². The van der Waals surface area contributed by atoms with Crippen LogP contribution in [0.25, 0.3) is 0 Å². The van der Waals surface area contributed by atoms with Crippen molar-refractivity contribution >= 4 is 28.9 Å². The topological polar surface area (TPSA) is 32.3 Å². The van der Waals surface area contributed by atoms with Crippen molar-refractivity contribution in [2.75, 3.05) is 11.9 Å². The Kier molecular flexibility index (Phi) is 4.64. The summed E-state index contributed by atoms with van der Waals surface area (Å²) in [5.74, 6) is -0.431. The summed E-state index contributed by atoms with van der Waals surface area (Å²) in [6.07, 6.45) is -0.951. The van der Waals surface area contributed by atoms with E-state index in [0.717, 1.165) is 0 Å². The number of benzene rings is 2. The molecule has 1 atom stereocenters. The van der Waals surface area contributed by atoms with Crippen LogP contribution in [0, 0.1) is 5.82 Å². The van der Waals surface area contributed by atoms with Crippen molar-refractivity contribution in [2.45, 2.75) is 6.10 Å². The molecule has 2 aromatic rings. The smallest absolute Gasteiger partial charge is 0.129 e. The number of aliphatic hydroxyl groups excluding tert-OH is 1. The fourth-order valence-corrected chi connectivity index (χ4v) is 2.17. The highest BCUT2D eigenvalue weighted by atomic mass is 35.5. The summed E-state index contributed by atoms with van der Waals surface area (Å²) >= 11 is 11.8. The Balaban J connectivity index is 2.04. The van der Waals surface area contributed by atoms with Gasteiger partial charge < -0.3 is 10.4 Å². The number of anilines is 1. The van der Waals surface area contributed by atoms with E-state index in [-0.39, 0.29) is 12.1 Å². The van der Waals surface area contributed by atoms with Crippen LogP contribution in [-0.2, 0) is 0 Å². The van der Waals surface area contributed by atoms with Gasteiger partial charge in [0.2, 0.25) is 0 Å². The Bertz CT molecular complexity index is 577. The number of nitrogens with one attached hydrogen (secondary N) is 1. The maximum atomic E-state index is 13.5. The summed E-state index contributed by atoms with van der Waals surface area (Å²) in [5.41, 5.74) is 0.890. The van der Waals surface area contributed by atoms with E-state index in [4.69, 9.17) is 23.2 Å². The molecule has 0 aromatic heterocycles. The molecule has 100 valence electrons. The summed E-state index contributed by atoms with van der Waals surface area (Å²) in [4.78, 5) is 0. The highest BCUT2D eigenvalue weighted by Gasteiger charge is 2.12. The molecule has 0 fully saturated rings. The van der Waals surface area contributed by atoms with Crippen LogP contribution in [0.5, 0.6) is 0 Å². The van der Waals surface area contributed by atoms with Crippen LogP contribution in [0.1, 0.15) is 11.7 Å². The standard InChI is InChI=1S/C14H12Cl2FNO/c15-9-5-6-13(11(16)7-9)18-8-14(19)10-3-1-2-4-12(10)17/h1-7,14,18-19H,8H2. The van der Waals surface area contributed by atoms with Crippen molar-refractivity contribution in [1.29, 1.82) is 0 Å². The molecule has 19 heavy (non-hydrogen) atoms. The first-order valence-electron chi connectivity index (χ1n) is 5.69. The van der Waals surface area contributed by atoms with Gasteiger partial charge in [0.05, 0.1) is 16.8 Å². The van der Waals surface area contributed by atoms with Crippen molar-refractivity contribution < 1.29 is 9.50 Å². The Morgan fingerprint density at radius 1 is 1.16 bits per heavy atom. The van der Waals surface area contributed by atoms with E-state index < -0.39 is 11.9 Å². The summed E-state index contributed by atoms with van der Waals surface area (Å²) in [7, 11) is 0. The molecule has 0 aliphatic heterocycles. The third-order valence-electron chi connectivity index (χ3n) is 2.68. The number of hydrogen-bond acceptors (Lipinski definition) is 2. The molecule has 0 heterocycles. The Hall–Kier alpha value is -1.29. The molecule has 0 amide bonds. The Morgan fingerprint density at radius 2 is 1.89 bits per heavy atom. The quantitative estimate of drug-likeness (QED) is 0.883. The summed E-state index contributed by atoms with van der Waals surface area (Å²) < 4.78 is 13.5. The van der Waals surface area contributed by atoms with Gasteiger partial charge in [-0.15, -0.1) is 0 Å². The Morgan fingerprint density at radius 3 is 2.58 bits per heavy atom. The highest BCUT2D eigenvalue weighted by molar-refractivity contribution is 6.36. The molecule has 0 bridgehead atoms. The minimum absolute atomic E-state index is 0.155. The van der Waals surface area contributed by atoms with Crippen LogP contribution in [-0.4, -0.2) is 11.7 Å². The van der Waals surface area contributed by atoms with Crippen molar-refractivity contribution in [1.82, 2.24) is 0 Å². The predicted octanol–water partition coefficient (Wildman–Crippen LogP) is 4.28.